The van der Waals surface area contributed by atoms with E-state index >= 15 is 0 Å². The van der Waals surface area contributed by atoms with Crippen molar-refractivity contribution in [2.75, 3.05) is 0 Å². The summed E-state index contributed by atoms with van der Waals surface area (Å²) in [6.07, 6.45) is 25.9. The van der Waals surface area contributed by atoms with Gasteiger partial charge in [0.15, 0.2) is 0 Å². The Labute approximate surface area is 115 Å². The summed E-state index contributed by atoms with van der Waals surface area (Å²) in [6.45, 7) is 0. The zero-order valence-corrected chi connectivity index (χ0v) is 11.3. The van der Waals surface area contributed by atoms with Crippen LogP contribution in [0.15, 0.2) is 71.4 Å². The molecule has 0 heteroatoms. The van der Waals surface area contributed by atoms with Gasteiger partial charge in [-0.1, -0.05) is 54.7 Å². The van der Waals surface area contributed by atoms with Gasteiger partial charge in [-0.2, -0.15) is 0 Å². The fourth-order valence-electron chi connectivity index (χ4n) is 4.27. The first-order valence-electron chi connectivity index (χ1n) is 7.55. The SMILES string of the molecule is C1=CC2=C3/C(=C\C=C/1)CC=CCC3C1C=CCCC21. The summed E-state index contributed by atoms with van der Waals surface area (Å²) >= 11 is 0. The molecule has 0 radical (unpaired) electrons. The molecule has 0 spiro atoms. The maximum Gasteiger partial charge on any atom is -0.00529 e. The minimum Gasteiger partial charge on any atom is -0.0882 e. The summed E-state index contributed by atoms with van der Waals surface area (Å²) in [5, 5.41) is 0. The Kier molecular flexibility index (Phi) is 2.69. The number of hydrogen-bond donors (Lipinski definition) is 0. The number of fused-ring (bicyclic) bond motifs is 3. The fraction of sp³-hybridized carbons (Fsp3) is 0.368. The van der Waals surface area contributed by atoms with Crippen molar-refractivity contribution in [3.63, 3.8) is 0 Å². The van der Waals surface area contributed by atoms with Gasteiger partial charge in [0, 0.05) is 0 Å². The van der Waals surface area contributed by atoms with Crippen LogP contribution in [0.4, 0.5) is 0 Å². The molecular weight excluding hydrogens is 228 g/mol. The second-order valence-electron chi connectivity index (χ2n) is 6.01. The molecular formula is C19H20. The maximum absolute atomic E-state index is 2.50. The fourth-order valence-corrected chi connectivity index (χ4v) is 4.27. The third-order valence-corrected chi connectivity index (χ3v) is 5.05. The molecule has 0 nitrogen and oxygen atoms in total. The molecule has 0 fully saturated rings. The lowest BCUT2D eigenvalue weighted by Gasteiger charge is -2.26. The Morgan fingerprint density at radius 2 is 1.95 bits per heavy atom. The van der Waals surface area contributed by atoms with Crippen molar-refractivity contribution >= 4 is 0 Å². The lowest BCUT2D eigenvalue weighted by Crippen LogP contribution is -2.18. The predicted octanol–water partition coefficient (Wildman–Crippen LogP) is 4.90. The molecule has 0 amide bonds. The van der Waals surface area contributed by atoms with Crippen molar-refractivity contribution in [3.05, 3.63) is 71.4 Å². The Hall–Kier alpha value is -1.56. The van der Waals surface area contributed by atoms with Gasteiger partial charge in [-0.3, -0.25) is 0 Å². The minimum atomic E-state index is 0.720. The molecule has 4 aliphatic rings. The van der Waals surface area contributed by atoms with E-state index in [1.165, 1.54) is 19.3 Å². The topological polar surface area (TPSA) is 0 Å². The van der Waals surface area contributed by atoms with Gasteiger partial charge in [0.25, 0.3) is 0 Å². The normalized spacial score (nSPS) is 39.8. The van der Waals surface area contributed by atoms with Crippen LogP contribution >= 0.6 is 0 Å². The molecule has 0 N–H and O–H groups in total. The van der Waals surface area contributed by atoms with Crippen LogP contribution in [0.5, 0.6) is 0 Å². The summed E-state index contributed by atoms with van der Waals surface area (Å²) < 4.78 is 0. The highest BCUT2D eigenvalue weighted by Crippen LogP contribution is 2.52. The first-order chi connectivity index (χ1) is 9.45. The molecule has 3 unspecified atom stereocenters. The maximum atomic E-state index is 2.50. The molecule has 0 bridgehead atoms. The van der Waals surface area contributed by atoms with E-state index in [1.54, 1.807) is 16.7 Å². The Bertz CT molecular complexity index is 563. The highest BCUT2D eigenvalue weighted by atomic mass is 14.4. The van der Waals surface area contributed by atoms with Crippen LogP contribution in [0.3, 0.4) is 0 Å². The van der Waals surface area contributed by atoms with Crippen molar-refractivity contribution in [2.45, 2.75) is 25.7 Å². The summed E-state index contributed by atoms with van der Waals surface area (Å²) in [7, 11) is 0. The molecule has 4 aliphatic carbocycles. The lowest BCUT2D eigenvalue weighted by molar-refractivity contribution is 0.366. The van der Waals surface area contributed by atoms with Gasteiger partial charge in [0.1, 0.15) is 0 Å². The Morgan fingerprint density at radius 3 is 2.95 bits per heavy atom. The molecule has 0 saturated carbocycles. The number of hydrogen-bond acceptors (Lipinski definition) is 0. The molecule has 0 aromatic rings. The van der Waals surface area contributed by atoms with E-state index in [4.69, 9.17) is 0 Å². The molecule has 96 valence electrons. The van der Waals surface area contributed by atoms with Crippen LogP contribution < -0.4 is 0 Å². The van der Waals surface area contributed by atoms with Gasteiger partial charge in [-0.25, -0.2) is 0 Å². The Balaban J connectivity index is 1.89. The average molecular weight is 248 g/mol. The van der Waals surface area contributed by atoms with Crippen LogP contribution in [0.25, 0.3) is 0 Å². The van der Waals surface area contributed by atoms with Crippen molar-refractivity contribution in [1.29, 1.82) is 0 Å². The van der Waals surface area contributed by atoms with Crippen molar-refractivity contribution < 1.29 is 0 Å². The zero-order chi connectivity index (χ0) is 12.7. The van der Waals surface area contributed by atoms with Crippen LogP contribution in [0, 0.1) is 17.8 Å². The average Bonchev–Trinajstić information content (AvgIpc) is 2.58. The third-order valence-electron chi connectivity index (χ3n) is 5.05. The van der Waals surface area contributed by atoms with Crippen LogP contribution in [-0.4, -0.2) is 0 Å². The molecule has 0 saturated heterocycles. The van der Waals surface area contributed by atoms with E-state index in [2.05, 4.69) is 54.7 Å². The lowest BCUT2D eigenvalue weighted by atomic mass is 9.78. The van der Waals surface area contributed by atoms with E-state index in [1.807, 2.05) is 0 Å². The largest absolute Gasteiger partial charge is 0.0882 e. The van der Waals surface area contributed by atoms with E-state index in [0.29, 0.717) is 0 Å². The summed E-state index contributed by atoms with van der Waals surface area (Å²) in [5.41, 5.74) is 4.86. The summed E-state index contributed by atoms with van der Waals surface area (Å²) in [6, 6.07) is 0. The summed E-state index contributed by atoms with van der Waals surface area (Å²) in [4.78, 5) is 0. The number of rotatable bonds is 0. The van der Waals surface area contributed by atoms with Gasteiger partial charge in [0.05, 0.1) is 0 Å². The first-order valence-corrected chi connectivity index (χ1v) is 7.55. The standard InChI is InChI=1S/C19H20/c1-2-8-14-9-4-5-13-18-16-11-7-6-10-15(16)17(12-3-1)19(14)18/h1-5,7-8,11-12,15-16,18H,6,9-10,13H2/b2-1-,3-1?,8-2?,12-3?,14-8-,17-12?. The van der Waals surface area contributed by atoms with Gasteiger partial charge < -0.3 is 0 Å². The third kappa shape index (κ3) is 1.74. The first kappa shape index (κ1) is 11.3. The van der Waals surface area contributed by atoms with Crippen molar-refractivity contribution in [3.8, 4) is 0 Å². The molecule has 0 aromatic heterocycles. The van der Waals surface area contributed by atoms with E-state index in [0.717, 1.165) is 24.2 Å². The van der Waals surface area contributed by atoms with Crippen LogP contribution in [-0.2, 0) is 0 Å². The molecule has 0 aliphatic heterocycles. The highest BCUT2D eigenvalue weighted by molar-refractivity contribution is 5.53. The van der Waals surface area contributed by atoms with Crippen molar-refractivity contribution in [1.82, 2.24) is 0 Å². The van der Waals surface area contributed by atoms with Gasteiger partial charge in [-0.05, 0) is 60.2 Å². The molecule has 3 atom stereocenters. The second-order valence-corrected chi connectivity index (χ2v) is 6.01. The van der Waals surface area contributed by atoms with E-state index < -0.39 is 0 Å². The molecule has 4 rings (SSSR count). The van der Waals surface area contributed by atoms with E-state index in [-0.39, 0.29) is 0 Å². The second kappa shape index (κ2) is 4.52. The van der Waals surface area contributed by atoms with Crippen LogP contribution in [0.1, 0.15) is 25.7 Å². The minimum absolute atomic E-state index is 0.720. The monoisotopic (exact) mass is 248 g/mol. The molecule has 0 heterocycles. The van der Waals surface area contributed by atoms with Crippen molar-refractivity contribution in [2.24, 2.45) is 17.8 Å². The van der Waals surface area contributed by atoms with Gasteiger partial charge in [-0.15, -0.1) is 0 Å². The quantitative estimate of drug-likeness (QED) is 0.535. The van der Waals surface area contributed by atoms with E-state index in [9.17, 15) is 0 Å². The summed E-state index contributed by atoms with van der Waals surface area (Å²) in [5.74, 6) is 2.23. The predicted molar refractivity (Wildman–Crippen MR) is 80.6 cm³/mol. The van der Waals surface area contributed by atoms with Gasteiger partial charge >= 0.3 is 0 Å². The zero-order valence-electron chi connectivity index (χ0n) is 11.3. The number of allylic oxidation sites excluding steroid dienone is 12. The molecule has 19 heavy (non-hydrogen) atoms. The van der Waals surface area contributed by atoms with Crippen LogP contribution in [0.2, 0.25) is 0 Å². The molecule has 0 aromatic carbocycles. The van der Waals surface area contributed by atoms with Gasteiger partial charge in [0.2, 0.25) is 0 Å². The Morgan fingerprint density at radius 1 is 0.947 bits per heavy atom. The highest BCUT2D eigenvalue weighted by Gasteiger charge is 2.41. The smallest absolute Gasteiger partial charge is 0.00529 e.